The molecular formula is C32H54O11. The Kier molecular flexibility index (Phi) is 10.9. The molecule has 4 aliphatic rings. The molecule has 15 atom stereocenters. The van der Waals surface area contributed by atoms with E-state index in [9.17, 15) is 35.7 Å². The summed E-state index contributed by atoms with van der Waals surface area (Å²) in [5.74, 6) is 0.495. The van der Waals surface area contributed by atoms with E-state index < -0.39 is 73.6 Å². The van der Waals surface area contributed by atoms with E-state index >= 15 is 0 Å². The molecule has 4 rings (SSSR count). The van der Waals surface area contributed by atoms with Crippen molar-refractivity contribution in [3.8, 4) is 0 Å². The largest absolute Gasteiger partial charge is 0.394 e. The number of ether oxygens (including phenoxy) is 4. The highest BCUT2D eigenvalue weighted by Crippen LogP contribution is 2.62. The van der Waals surface area contributed by atoms with Gasteiger partial charge in [0.1, 0.15) is 42.7 Å². The number of aliphatic hydroxyl groups is 7. The van der Waals surface area contributed by atoms with Crippen LogP contribution in [-0.2, 0) is 18.9 Å². The lowest BCUT2D eigenvalue weighted by Gasteiger charge is -2.59. The zero-order valence-electron chi connectivity index (χ0n) is 26.0. The molecule has 2 aliphatic heterocycles. The summed E-state index contributed by atoms with van der Waals surface area (Å²) in [4.78, 5) is 0. The predicted octanol–water partition coefficient (Wildman–Crippen LogP) is 1.15. The molecular weight excluding hydrogens is 560 g/mol. The summed E-state index contributed by atoms with van der Waals surface area (Å²) in [5.41, 5.74) is -0.0910. The molecule has 0 aromatic carbocycles. The Bertz CT molecular complexity index is 975. The number of rotatable bonds is 10. The monoisotopic (exact) mass is 614 g/mol. The summed E-state index contributed by atoms with van der Waals surface area (Å²) in [6, 6.07) is 0. The van der Waals surface area contributed by atoms with Crippen LogP contribution in [0.5, 0.6) is 0 Å². The van der Waals surface area contributed by atoms with Crippen molar-refractivity contribution < 1.29 is 54.7 Å². The average Bonchev–Trinajstić information content (AvgIpc) is 2.96. The topological polar surface area (TPSA) is 179 Å². The van der Waals surface area contributed by atoms with E-state index in [-0.39, 0.29) is 29.3 Å². The highest BCUT2D eigenvalue weighted by atomic mass is 16.8. The molecule has 0 radical (unpaired) electrons. The predicted molar refractivity (Wildman–Crippen MR) is 156 cm³/mol. The highest BCUT2D eigenvalue weighted by Gasteiger charge is 2.56. The average molecular weight is 615 g/mol. The Hall–Kier alpha value is -0.960. The maximum Gasteiger partial charge on any atom is 0.187 e. The molecule has 2 aliphatic carbocycles. The van der Waals surface area contributed by atoms with Gasteiger partial charge in [-0.15, -0.1) is 6.58 Å². The van der Waals surface area contributed by atoms with Crippen LogP contribution >= 0.6 is 0 Å². The third-order valence-corrected chi connectivity index (χ3v) is 11.0. The number of aliphatic hydroxyl groups excluding tert-OH is 6. The first-order valence-electron chi connectivity index (χ1n) is 15.7. The molecule has 43 heavy (non-hydrogen) atoms. The van der Waals surface area contributed by atoms with Crippen LogP contribution in [0.4, 0.5) is 0 Å². The Morgan fingerprint density at radius 2 is 1.70 bits per heavy atom. The molecule has 0 bridgehead atoms. The van der Waals surface area contributed by atoms with Gasteiger partial charge in [-0.1, -0.05) is 38.5 Å². The number of hydrogen-bond acceptors (Lipinski definition) is 11. The Balaban J connectivity index is 1.53. The van der Waals surface area contributed by atoms with E-state index in [0.717, 1.165) is 38.5 Å². The van der Waals surface area contributed by atoms with Gasteiger partial charge in [0.2, 0.25) is 0 Å². The molecule has 4 fully saturated rings. The lowest BCUT2D eigenvalue weighted by atomic mass is 9.46. The Morgan fingerprint density at radius 1 is 1.00 bits per heavy atom. The molecule has 11 heteroatoms. The van der Waals surface area contributed by atoms with Crippen LogP contribution in [0.25, 0.3) is 0 Å². The molecule has 0 amide bonds. The van der Waals surface area contributed by atoms with E-state index in [1.807, 2.05) is 0 Å². The fourth-order valence-corrected chi connectivity index (χ4v) is 8.22. The van der Waals surface area contributed by atoms with Gasteiger partial charge in [0.05, 0.1) is 24.9 Å². The molecule has 0 spiro atoms. The van der Waals surface area contributed by atoms with Crippen molar-refractivity contribution in [2.75, 3.05) is 13.2 Å². The Morgan fingerprint density at radius 3 is 2.35 bits per heavy atom. The maximum atomic E-state index is 11.0. The standard InChI is InChI=1S/C32H54O11/c1-7-31(5,39)14-11-19-17(2)9-10-21-30(4,12-8-13-32(19,21)6)16-40-29-27(25(37)23(35)20(15-33)42-29)43-28-26(38)24(36)22(34)18(3)41-28/h7,18-29,33-39H,1-2,8-16H2,3-6H3/t18-,19-,20+,21-,22-,23+,24+,25-,26+,27+,28-,29+,30-,31+,32+/m0/s1. The minimum Gasteiger partial charge on any atom is -0.394 e. The van der Waals surface area contributed by atoms with Crippen LogP contribution in [0.15, 0.2) is 24.8 Å². The van der Waals surface area contributed by atoms with Crippen LogP contribution in [0.2, 0.25) is 0 Å². The number of hydrogen-bond donors (Lipinski definition) is 7. The van der Waals surface area contributed by atoms with E-state index in [4.69, 9.17) is 18.9 Å². The smallest absolute Gasteiger partial charge is 0.187 e. The fraction of sp³-hybridized carbons (Fsp3) is 0.875. The van der Waals surface area contributed by atoms with Crippen molar-refractivity contribution in [2.45, 2.75) is 140 Å². The Labute approximate surface area is 255 Å². The van der Waals surface area contributed by atoms with Gasteiger partial charge in [0.25, 0.3) is 0 Å². The molecule has 0 unspecified atom stereocenters. The summed E-state index contributed by atoms with van der Waals surface area (Å²) in [5, 5.41) is 72.9. The first-order valence-corrected chi connectivity index (χ1v) is 15.7. The minimum atomic E-state index is -1.63. The summed E-state index contributed by atoms with van der Waals surface area (Å²) in [7, 11) is 0. The lowest BCUT2D eigenvalue weighted by molar-refractivity contribution is -0.367. The zero-order valence-corrected chi connectivity index (χ0v) is 26.0. The molecule has 2 saturated carbocycles. The second-order valence-corrected chi connectivity index (χ2v) is 14.2. The van der Waals surface area contributed by atoms with Crippen molar-refractivity contribution in [3.63, 3.8) is 0 Å². The summed E-state index contributed by atoms with van der Waals surface area (Å²) >= 11 is 0. The van der Waals surface area contributed by atoms with Gasteiger partial charge >= 0.3 is 0 Å². The SMILES string of the molecule is C=C[C@@](C)(O)CC[C@H]1C(=C)CC[C@H]2[C@](C)(CO[C@@H]3O[C@H](CO)[C@@H](O)[C@H](O)[C@H]3O[C@@H]3O[C@@H](C)[C@H](O)[C@@H](O)[C@H]3O)CCC[C@]12C. The van der Waals surface area contributed by atoms with Gasteiger partial charge in [-0.25, -0.2) is 0 Å². The van der Waals surface area contributed by atoms with Crippen LogP contribution in [0.3, 0.4) is 0 Å². The van der Waals surface area contributed by atoms with Crippen molar-refractivity contribution >= 4 is 0 Å². The fourth-order valence-electron chi connectivity index (χ4n) is 8.22. The van der Waals surface area contributed by atoms with E-state index in [1.54, 1.807) is 13.0 Å². The van der Waals surface area contributed by atoms with Gasteiger partial charge in [-0.2, -0.15) is 0 Å². The lowest BCUT2D eigenvalue weighted by Crippen LogP contribution is -2.64. The maximum absolute atomic E-state index is 11.0. The van der Waals surface area contributed by atoms with Gasteiger partial charge in [0, 0.05) is 0 Å². The normalized spacial score (nSPS) is 48.8. The second kappa shape index (κ2) is 13.4. The van der Waals surface area contributed by atoms with Crippen molar-refractivity contribution in [1.82, 2.24) is 0 Å². The third kappa shape index (κ3) is 6.92. The summed E-state index contributed by atoms with van der Waals surface area (Å²) < 4.78 is 23.7. The summed E-state index contributed by atoms with van der Waals surface area (Å²) in [6.45, 7) is 15.7. The van der Waals surface area contributed by atoms with E-state index in [2.05, 4.69) is 27.0 Å². The van der Waals surface area contributed by atoms with Crippen molar-refractivity contribution in [2.24, 2.45) is 22.7 Å². The first-order chi connectivity index (χ1) is 20.1. The first kappa shape index (κ1) is 34.9. The molecule has 248 valence electrons. The van der Waals surface area contributed by atoms with E-state index in [1.165, 1.54) is 12.5 Å². The third-order valence-electron chi connectivity index (χ3n) is 11.0. The highest BCUT2D eigenvalue weighted by molar-refractivity contribution is 5.17. The van der Waals surface area contributed by atoms with Crippen LogP contribution < -0.4 is 0 Å². The summed E-state index contributed by atoms with van der Waals surface area (Å²) in [6.07, 6.45) is -5.88. The van der Waals surface area contributed by atoms with Crippen LogP contribution in [-0.4, -0.2) is 116 Å². The second-order valence-electron chi connectivity index (χ2n) is 14.2. The molecule has 7 N–H and O–H groups in total. The quantitative estimate of drug-likeness (QED) is 0.176. The van der Waals surface area contributed by atoms with Crippen molar-refractivity contribution in [1.29, 1.82) is 0 Å². The zero-order chi connectivity index (χ0) is 31.9. The molecule has 2 saturated heterocycles. The molecule has 0 aromatic rings. The van der Waals surface area contributed by atoms with Crippen LogP contribution in [0, 0.1) is 22.7 Å². The minimum absolute atomic E-state index is 0.0667. The number of fused-ring (bicyclic) bond motifs is 1. The van der Waals surface area contributed by atoms with Gasteiger partial charge < -0.3 is 54.7 Å². The molecule has 2 heterocycles. The van der Waals surface area contributed by atoms with Crippen molar-refractivity contribution in [3.05, 3.63) is 24.8 Å². The van der Waals surface area contributed by atoms with Crippen LogP contribution in [0.1, 0.15) is 72.6 Å². The molecule has 0 aromatic heterocycles. The van der Waals surface area contributed by atoms with Gasteiger partial charge in [0.15, 0.2) is 12.6 Å². The van der Waals surface area contributed by atoms with E-state index in [0.29, 0.717) is 6.42 Å². The number of allylic oxidation sites excluding steroid dienone is 1. The van der Waals surface area contributed by atoms with Gasteiger partial charge in [-0.3, -0.25) is 0 Å². The molecule has 11 nitrogen and oxygen atoms in total. The van der Waals surface area contributed by atoms with Gasteiger partial charge in [-0.05, 0) is 75.0 Å².